The predicted octanol–water partition coefficient (Wildman–Crippen LogP) is 3.88. The van der Waals surface area contributed by atoms with Gasteiger partial charge in [0.15, 0.2) is 10.9 Å². The van der Waals surface area contributed by atoms with E-state index in [2.05, 4.69) is 21.7 Å². The first-order chi connectivity index (χ1) is 11.1. The van der Waals surface area contributed by atoms with Crippen molar-refractivity contribution in [2.45, 2.75) is 74.7 Å². The van der Waals surface area contributed by atoms with Crippen molar-refractivity contribution in [2.75, 3.05) is 0 Å². The highest BCUT2D eigenvalue weighted by molar-refractivity contribution is 8.00. The molecule has 1 heterocycles. The first-order valence-electron chi connectivity index (χ1n) is 9.23. The minimum absolute atomic E-state index is 0.00555. The Hall–Kier alpha value is -0.840. The monoisotopic (exact) mass is 331 g/mol. The molecule has 1 aromatic heterocycles. The molecule has 5 saturated carbocycles. The molecule has 5 aliphatic rings. The van der Waals surface area contributed by atoms with Crippen molar-refractivity contribution >= 4 is 17.5 Å². The quantitative estimate of drug-likeness (QED) is 0.768. The number of Topliss-reactive ketones (excluding diaryl/α,β-unsaturated/α-hetero) is 1. The van der Waals surface area contributed by atoms with Gasteiger partial charge in [-0.05, 0) is 76.0 Å². The molecule has 5 aliphatic carbocycles. The number of hydrogen-bond acceptors (Lipinski definition) is 4. The van der Waals surface area contributed by atoms with Crippen molar-refractivity contribution in [1.82, 2.24) is 14.8 Å². The summed E-state index contributed by atoms with van der Waals surface area (Å²) < 4.78 is 2.17. The van der Waals surface area contributed by atoms with Crippen molar-refractivity contribution in [3.63, 3.8) is 0 Å². The van der Waals surface area contributed by atoms with Gasteiger partial charge in [-0.1, -0.05) is 11.8 Å². The Morgan fingerprint density at radius 1 is 1.22 bits per heavy atom. The highest BCUT2D eigenvalue weighted by atomic mass is 32.2. The smallest absolute Gasteiger partial charge is 0.191 e. The largest absolute Gasteiger partial charge is 0.306 e. The van der Waals surface area contributed by atoms with E-state index in [0.717, 1.165) is 22.9 Å². The lowest BCUT2D eigenvalue weighted by atomic mass is 9.48. The van der Waals surface area contributed by atoms with Gasteiger partial charge in [-0.3, -0.25) is 4.79 Å². The fraction of sp³-hybridized carbons (Fsp3) is 0.833. The van der Waals surface area contributed by atoms with E-state index in [4.69, 9.17) is 0 Å². The van der Waals surface area contributed by atoms with Crippen LogP contribution in [0, 0.1) is 23.2 Å². The molecule has 124 valence electrons. The van der Waals surface area contributed by atoms with Gasteiger partial charge in [0.2, 0.25) is 0 Å². The van der Waals surface area contributed by atoms with Gasteiger partial charge in [0.25, 0.3) is 0 Å². The molecular formula is C18H25N3OS. The minimum Gasteiger partial charge on any atom is -0.306 e. The summed E-state index contributed by atoms with van der Waals surface area (Å²) in [5.74, 6) is 3.00. The van der Waals surface area contributed by atoms with Gasteiger partial charge < -0.3 is 4.57 Å². The highest BCUT2D eigenvalue weighted by Gasteiger charge is 2.55. The molecule has 0 radical (unpaired) electrons. The first kappa shape index (κ1) is 14.5. The van der Waals surface area contributed by atoms with Gasteiger partial charge in [-0.2, -0.15) is 0 Å². The SMILES string of the molecule is C[C@H](Sc1nncn1C1CC1)C(=O)C12CC3CC(CC(C3)C1)C2. The first-order valence-corrected chi connectivity index (χ1v) is 10.1. The zero-order valence-corrected chi connectivity index (χ0v) is 14.6. The van der Waals surface area contributed by atoms with Crippen molar-refractivity contribution in [2.24, 2.45) is 23.2 Å². The van der Waals surface area contributed by atoms with Gasteiger partial charge in [0.1, 0.15) is 6.33 Å². The third-order valence-corrected chi connectivity index (χ3v) is 7.76. The number of thioether (sulfide) groups is 1. The lowest BCUT2D eigenvalue weighted by Crippen LogP contribution is -2.51. The summed E-state index contributed by atoms with van der Waals surface area (Å²) in [6, 6.07) is 0.578. The van der Waals surface area contributed by atoms with Crippen LogP contribution in [-0.2, 0) is 4.79 Å². The summed E-state index contributed by atoms with van der Waals surface area (Å²) in [7, 11) is 0. The van der Waals surface area contributed by atoms with Crippen LogP contribution in [0.1, 0.15) is 64.3 Å². The Balaban J connectivity index is 1.34. The Bertz CT molecular complexity index is 601. The fourth-order valence-corrected chi connectivity index (χ4v) is 7.06. The second-order valence-electron chi connectivity index (χ2n) is 8.57. The Labute approximate surface area is 141 Å². The van der Waals surface area contributed by atoms with E-state index in [0.29, 0.717) is 11.8 Å². The molecule has 5 fully saturated rings. The molecule has 0 N–H and O–H groups in total. The standard InChI is InChI=1S/C18H25N3OS/c1-11(23-17-20-19-10-21(17)15-2-3-15)16(22)18-7-12-4-13(8-18)6-14(5-12)9-18/h10-15H,2-9H2,1H3/t11-,12?,13?,14?,18?/m0/s1. The zero-order chi connectivity index (χ0) is 15.6. The van der Waals surface area contributed by atoms with E-state index in [9.17, 15) is 4.79 Å². The maximum absolute atomic E-state index is 13.3. The highest BCUT2D eigenvalue weighted by Crippen LogP contribution is 2.61. The van der Waals surface area contributed by atoms with Crippen LogP contribution in [-0.4, -0.2) is 25.8 Å². The second kappa shape index (κ2) is 5.08. The summed E-state index contributed by atoms with van der Waals surface area (Å²) in [6.07, 6.45) is 12.0. The van der Waals surface area contributed by atoms with Gasteiger partial charge in [-0.15, -0.1) is 10.2 Å². The summed E-state index contributed by atoms with van der Waals surface area (Å²) in [5.41, 5.74) is 0.00555. The van der Waals surface area contributed by atoms with Gasteiger partial charge in [-0.25, -0.2) is 0 Å². The van der Waals surface area contributed by atoms with Gasteiger partial charge in [0.05, 0.1) is 5.25 Å². The topological polar surface area (TPSA) is 47.8 Å². The average molecular weight is 331 g/mol. The third kappa shape index (κ3) is 2.38. The zero-order valence-electron chi connectivity index (χ0n) is 13.8. The molecule has 23 heavy (non-hydrogen) atoms. The fourth-order valence-electron chi connectivity index (χ4n) is 5.97. The number of aromatic nitrogens is 3. The van der Waals surface area contributed by atoms with Crippen LogP contribution in [0.5, 0.6) is 0 Å². The average Bonchev–Trinajstić information content (AvgIpc) is 3.25. The number of carbonyl (C=O) groups excluding carboxylic acids is 1. The predicted molar refractivity (Wildman–Crippen MR) is 89.2 cm³/mol. The second-order valence-corrected chi connectivity index (χ2v) is 9.88. The molecule has 5 heteroatoms. The molecule has 0 amide bonds. The van der Waals surface area contributed by atoms with Crippen LogP contribution in [0.3, 0.4) is 0 Å². The molecule has 1 atom stereocenters. The molecule has 4 bridgehead atoms. The molecule has 4 nitrogen and oxygen atoms in total. The number of nitrogens with zero attached hydrogens (tertiary/aromatic N) is 3. The third-order valence-electron chi connectivity index (χ3n) is 6.69. The van der Waals surface area contributed by atoms with E-state index in [1.165, 1.54) is 51.4 Å². The molecular weight excluding hydrogens is 306 g/mol. The molecule has 0 unspecified atom stereocenters. The van der Waals surface area contributed by atoms with Crippen LogP contribution in [0.15, 0.2) is 11.5 Å². The lowest BCUT2D eigenvalue weighted by Gasteiger charge is -2.56. The van der Waals surface area contributed by atoms with E-state index >= 15 is 0 Å². The maximum Gasteiger partial charge on any atom is 0.191 e. The number of carbonyl (C=O) groups is 1. The molecule has 0 aromatic carbocycles. The molecule has 0 spiro atoms. The van der Waals surface area contributed by atoms with Crippen LogP contribution in [0.4, 0.5) is 0 Å². The normalized spacial score (nSPS) is 39.6. The van der Waals surface area contributed by atoms with Crippen LogP contribution in [0.25, 0.3) is 0 Å². The summed E-state index contributed by atoms with van der Waals surface area (Å²) in [5, 5.41) is 9.29. The maximum atomic E-state index is 13.3. The van der Waals surface area contributed by atoms with Crippen LogP contribution in [0.2, 0.25) is 0 Å². The molecule has 6 rings (SSSR count). The summed E-state index contributed by atoms with van der Waals surface area (Å²) in [6.45, 7) is 2.09. The van der Waals surface area contributed by atoms with Gasteiger partial charge >= 0.3 is 0 Å². The van der Waals surface area contributed by atoms with Gasteiger partial charge in [0, 0.05) is 11.5 Å². The van der Waals surface area contributed by atoms with Crippen molar-refractivity contribution in [3.8, 4) is 0 Å². The Kier molecular flexibility index (Phi) is 3.20. The van der Waals surface area contributed by atoms with Crippen molar-refractivity contribution in [1.29, 1.82) is 0 Å². The Morgan fingerprint density at radius 2 is 1.83 bits per heavy atom. The number of hydrogen-bond donors (Lipinski definition) is 0. The summed E-state index contributed by atoms with van der Waals surface area (Å²) >= 11 is 1.64. The van der Waals surface area contributed by atoms with E-state index in [-0.39, 0.29) is 10.7 Å². The van der Waals surface area contributed by atoms with E-state index in [1.54, 1.807) is 11.8 Å². The molecule has 0 saturated heterocycles. The molecule has 0 aliphatic heterocycles. The van der Waals surface area contributed by atoms with E-state index in [1.807, 2.05) is 6.33 Å². The number of ketones is 1. The van der Waals surface area contributed by atoms with Crippen LogP contribution < -0.4 is 0 Å². The minimum atomic E-state index is 0.00555. The number of rotatable bonds is 5. The molecule has 1 aromatic rings. The lowest BCUT2D eigenvalue weighted by molar-refractivity contribution is -0.142. The summed E-state index contributed by atoms with van der Waals surface area (Å²) in [4.78, 5) is 13.3. The van der Waals surface area contributed by atoms with Crippen LogP contribution >= 0.6 is 11.8 Å². The van der Waals surface area contributed by atoms with E-state index < -0.39 is 0 Å². The van der Waals surface area contributed by atoms with Crippen molar-refractivity contribution in [3.05, 3.63) is 6.33 Å². The van der Waals surface area contributed by atoms with Crippen molar-refractivity contribution < 1.29 is 4.79 Å². The Morgan fingerprint density at radius 3 is 2.39 bits per heavy atom.